The van der Waals surface area contributed by atoms with Gasteiger partial charge in [-0.05, 0) is 51.3 Å². The number of carbonyl (C=O) groups is 4. The minimum atomic E-state index is -1.06. The van der Waals surface area contributed by atoms with Gasteiger partial charge in [0.05, 0.1) is 19.1 Å². The minimum absolute atomic E-state index is 0.0249. The van der Waals surface area contributed by atoms with Crippen molar-refractivity contribution in [2.45, 2.75) is 59.6 Å². The van der Waals surface area contributed by atoms with E-state index < -0.39 is 30.4 Å². The lowest BCUT2D eigenvalue weighted by molar-refractivity contribution is -0.160. The molecule has 0 amide bonds. The Kier molecular flexibility index (Phi) is 12.4. The van der Waals surface area contributed by atoms with Gasteiger partial charge in [-0.1, -0.05) is 19.9 Å². The van der Waals surface area contributed by atoms with Gasteiger partial charge in [0.15, 0.2) is 11.5 Å². The van der Waals surface area contributed by atoms with Crippen LogP contribution in [0.2, 0.25) is 0 Å². The summed E-state index contributed by atoms with van der Waals surface area (Å²) in [6.07, 6.45) is -2.00. The summed E-state index contributed by atoms with van der Waals surface area (Å²) in [4.78, 5) is 47.5. The molecule has 0 saturated heterocycles. The maximum atomic E-state index is 12.3. The average Bonchev–Trinajstić information content (AvgIpc) is 2.78. The van der Waals surface area contributed by atoms with E-state index >= 15 is 0 Å². The van der Waals surface area contributed by atoms with Gasteiger partial charge in [0.1, 0.15) is 18.8 Å². The van der Waals surface area contributed by atoms with Crippen LogP contribution in [-0.2, 0) is 35.0 Å². The van der Waals surface area contributed by atoms with Crippen molar-refractivity contribution in [3.63, 3.8) is 0 Å². The van der Waals surface area contributed by atoms with Crippen LogP contribution in [0.15, 0.2) is 18.2 Å². The molecule has 11 heteroatoms. The van der Waals surface area contributed by atoms with Gasteiger partial charge in [0.25, 0.3) is 0 Å². The third-order valence-corrected chi connectivity index (χ3v) is 4.47. The average molecular weight is 484 g/mol. The summed E-state index contributed by atoms with van der Waals surface area (Å²) < 4.78 is 30.0. The van der Waals surface area contributed by atoms with E-state index in [1.807, 2.05) is 6.92 Å². The molecule has 0 saturated carbocycles. The molecule has 0 aliphatic rings. The minimum Gasteiger partial charge on any atom is -0.462 e. The zero-order valence-electron chi connectivity index (χ0n) is 20.2. The molecular weight excluding hydrogens is 450 g/mol. The maximum absolute atomic E-state index is 12.3. The summed E-state index contributed by atoms with van der Waals surface area (Å²) in [7, 11) is 0. The molecule has 0 bridgehead atoms. The van der Waals surface area contributed by atoms with Gasteiger partial charge in [-0.3, -0.25) is 9.59 Å². The number of hydrogen-bond donors (Lipinski definition) is 1. The molecule has 0 heterocycles. The van der Waals surface area contributed by atoms with E-state index in [1.54, 1.807) is 27.7 Å². The molecule has 11 nitrogen and oxygen atoms in total. The Bertz CT molecular complexity index is 841. The van der Waals surface area contributed by atoms with Gasteiger partial charge < -0.3 is 34.2 Å². The molecule has 1 aromatic rings. The summed E-state index contributed by atoms with van der Waals surface area (Å²) in [6, 6.07) is 3.24. The van der Waals surface area contributed by atoms with Crippen molar-refractivity contribution in [3.05, 3.63) is 23.8 Å². The Balaban J connectivity index is 2.81. The van der Waals surface area contributed by atoms with E-state index in [-0.39, 0.29) is 49.6 Å². The Morgan fingerprint density at radius 2 is 1.44 bits per heavy atom. The van der Waals surface area contributed by atoms with E-state index in [0.29, 0.717) is 12.0 Å². The zero-order valence-corrected chi connectivity index (χ0v) is 20.2. The van der Waals surface area contributed by atoms with Crippen LogP contribution >= 0.6 is 0 Å². The van der Waals surface area contributed by atoms with Crippen LogP contribution in [0.1, 0.15) is 46.6 Å². The second-order valence-electron chi connectivity index (χ2n) is 7.35. The first-order valence-corrected chi connectivity index (χ1v) is 11.1. The van der Waals surface area contributed by atoms with Crippen LogP contribution in [0, 0.1) is 5.92 Å². The Labute approximate surface area is 198 Å². The predicted octanol–water partition coefficient (Wildman–Crippen LogP) is 3.15. The lowest BCUT2D eigenvalue weighted by Crippen LogP contribution is -2.37. The molecule has 1 aromatic carbocycles. The number of nitrogens with two attached hydrogens (primary N) is 1. The first kappa shape index (κ1) is 28.7. The van der Waals surface area contributed by atoms with E-state index in [4.69, 9.17) is 34.2 Å². The lowest BCUT2D eigenvalue weighted by Gasteiger charge is -2.18. The molecule has 190 valence electrons. The standard InChI is InChI=1S/C23H33NO10/c1-6-14(4)20(25)31-13-15(5)32-21(26)17(24)11-16-9-10-18(33-22(27)29-7-2)19(12-16)34-23(28)30-8-3/h9-10,12,14-15,17H,6-8,11,13,24H2,1-5H3/t14?,15-,17-/m0/s1. The molecule has 0 radical (unpaired) electrons. The van der Waals surface area contributed by atoms with Crippen molar-refractivity contribution in [2.75, 3.05) is 19.8 Å². The van der Waals surface area contributed by atoms with Crippen molar-refractivity contribution >= 4 is 24.2 Å². The first-order valence-electron chi connectivity index (χ1n) is 11.1. The molecule has 0 aliphatic heterocycles. The van der Waals surface area contributed by atoms with Crippen molar-refractivity contribution in [2.24, 2.45) is 11.7 Å². The number of ether oxygens (including phenoxy) is 6. The van der Waals surface area contributed by atoms with Crippen LogP contribution in [0.4, 0.5) is 9.59 Å². The van der Waals surface area contributed by atoms with E-state index in [0.717, 1.165) is 0 Å². The molecule has 3 atom stereocenters. The van der Waals surface area contributed by atoms with E-state index in [2.05, 4.69) is 0 Å². The number of carbonyl (C=O) groups excluding carboxylic acids is 4. The maximum Gasteiger partial charge on any atom is 0.513 e. The second kappa shape index (κ2) is 14.7. The Morgan fingerprint density at radius 3 is 2.00 bits per heavy atom. The Morgan fingerprint density at radius 1 is 0.853 bits per heavy atom. The van der Waals surface area contributed by atoms with Crippen molar-refractivity contribution in [3.8, 4) is 11.5 Å². The molecule has 0 spiro atoms. The number of esters is 2. The number of hydrogen-bond acceptors (Lipinski definition) is 11. The third-order valence-electron chi connectivity index (χ3n) is 4.47. The van der Waals surface area contributed by atoms with Gasteiger partial charge in [0.2, 0.25) is 0 Å². The number of benzene rings is 1. The molecule has 0 aromatic heterocycles. The van der Waals surface area contributed by atoms with Crippen molar-refractivity contribution in [1.82, 2.24) is 0 Å². The topological polar surface area (TPSA) is 150 Å². The van der Waals surface area contributed by atoms with Crippen LogP contribution in [-0.4, -0.2) is 56.2 Å². The summed E-state index contributed by atoms with van der Waals surface area (Å²) in [5.41, 5.74) is 6.46. The quantitative estimate of drug-likeness (QED) is 0.265. The largest absolute Gasteiger partial charge is 0.513 e. The number of rotatable bonds is 12. The summed E-state index contributed by atoms with van der Waals surface area (Å²) in [5, 5.41) is 0. The normalized spacial score (nSPS) is 13.1. The van der Waals surface area contributed by atoms with Crippen LogP contribution in [0.5, 0.6) is 11.5 Å². The van der Waals surface area contributed by atoms with Gasteiger partial charge in [-0.25, -0.2) is 9.59 Å². The fraction of sp³-hybridized carbons (Fsp3) is 0.565. The SMILES string of the molecule is CCOC(=O)Oc1ccc(C[C@H](N)C(=O)O[C@@H](C)COC(=O)C(C)CC)cc1OC(=O)OCC. The van der Waals surface area contributed by atoms with Gasteiger partial charge in [0, 0.05) is 0 Å². The third kappa shape index (κ3) is 10.1. The highest BCUT2D eigenvalue weighted by Crippen LogP contribution is 2.30. The smallest absolute Gasteiger partial charge is 0.462 e. The van der Waals surface area contributed by atoms with Crippen LogP contribution < -0.4 is 15.2 Å². The fourth-order valence-electron chi connectivity index (χ4n) is 2.48. The summed E-state index contributed by atoms with van der Waals surface area (Å²) >= 11 is 0. The molecule has 2 N–H and O–H groups in total. The van der Waals surface area contributed by atoms with E-state index in [1.165, 1.54) is 18.2 Å². The van der Waals surface area contributed by atoms with Crippen molar-refractivity contribution in [1.29, 1.82) is 0 Å². The van der Waals surface area contributed by atoms with Crippen LogP contribution in [0.3, 0.4) is 0 Å². The van der Waals surface area contributed by atoms with Gasteiger partial charge in [-0.2, -0.15) is 0 Å². The molecule has 1 rings (SSSR count). The lowest BCUT2D eigenvalue weighted by atomic mass is 10.1. The predicted molar refractivity (Wildman–Crippen MR) is 119 cm³/mol. The highest BCUT2D eigenvalue weighted by atomic mass is 16.7. The van der Waals surface area contributed by atoms with Gasteiger partial charge >= 0.3 is 24.2 Å². The monoisotopic (exact) mass is 483 g/mol. The highest BCUT2D eigenvalue weighted by Gasteiger charge is 2.22. The summed E-state index contributed by atoms with van der Waals surface area (Å²) in [6.45, 7) is 8.50. The Hall–Kier alpha value is -3.34. The van der Waals surface area contributed by atoms with Crippen molar-refractivity contribution < 1.29 is 47.6 Å². The highest BCUT2D eigenvalue weighted by molar-refractivity contribution is 5.76. The second-order valence-corrected chi connectivity index (χ2v) is 7.35. The molecular formula is C23H33NO10. The molecule has 0 fully saturated rings. The van der Waals surface area contributed by atoms with Gasteiger partial charge in [-0.15, -0.1) is 0 Å². The molecule has 1 unspecified atom stereocenters. The molecule has 0 aliphatic carbocycles. The zero-order chi connectivity index (χ0) is 25.7. The van der Waals surface area contributed by atoms with Crippen LogP contribution in [0.25, 0.3) is 0 Å². The fourth-order valence-corrected chi connectivity index (χ4v) is 2.48. The van der Waals surface area contributed by atoms with E-state index in [9.17, 15) is 19.2 Å². The first-order chi connectivity index (χ1) is 16.1. The summed E-state index contributed by atoms with van der Waals surface area (Å²) in [5.74, 6) is -1.51. The molecule has 34 heavy (non-hydrogen) atoms.